The molecule has 0 atom stereocenters. The Bertz CT molecular complexity index is 814. The van der Waals surface area contributed by atoms with Crippen LogP contribution in [0.4, 0.5) is 0 Å². The van der Waals surface area contributed by atoms with Crippen LogP contribution in [0.15, 0.2) is 72.8 Å². The van der Waals surface area contributed by atoms with Crippen molar-refractivity contribution in [1.29, 1.82) is 0 Å². The van der Waals surface area contributed by atoms with E-state index in [2.05, 4.69) is 0 Å². The van der Waals surface area contributed by atoms with Gasteiger partial charge in [-0.05, 0) is 23.3 Å². The maximum atomic E-state index is 12.9. The number of hydrogen-bond donors (Lipinski definition) is 0. The molecule has 3 aromatic carbocycles. The van der Waals surface area contributed by atoms with Crippen LogP contribution in [0.25, 0.3) is 11.1 Å². The Balaban J connectivity index is 1.97. The minimum absolute atomic E-state index is 0.121. The minimum atomic E-state index is -0.121. The Labute approximate surface area is 141 Å². The maximum Gasteiger partial charge on any atom is 0.200 e. The highest BCUT2D eigenvalue weighted by Gasteiger charge is 2.19. The van der Waals surface area contributed by atoms with E-state index >= 15 is 0 Å². The number of rotatable bonds is 5. The van der Waals surface area contributed by atoms with Crippen LogP contribution in [0.1, 0.15) is 15.9 Å². The summed E-state index contributed by atoms with van der Waals surface area (Å²) in [6.07, 6.45) is 0. The average molecular weight is 318 g/mol. The van der Waals surface area contributed by atoms with E-state index in [1.165, 1.54) is 0 Å². The first-order valence-corrected chi connectivity index (χ1v) is 7.65. The van der Waals surface area contributed by atoms with E-state index in [0.29, 0.717) is 22.6 Å². The van der Waals surface area contributed by atoms with Crippen LogP contribution in [0.2, 0.25) is 0 Å². The molecule has 3 rings (SSSR count). The zero-order valence-electron chi connectivity index (χ0n) is 13.7. The lowest BCUT2D eigenvalue weighted by Gasteiger charge is -2.12. The zero-order chi connectivity index (χ0) is 16.9. The van der Waals surface area contributed by atoms with Crippen molar-refractivity contribution in [2.45, 2.75) is 0 Å². The molecule has 120 valence electrons. The quantitative estimate of drug-likeness (QED) is 0.645. The van der Waals surface area contributed by atoms with Gasteiger partial charge in [-0.15, -0.1) is 0 Å². The average Bonchev–Trinajstić information content (AvgIpc) is 2.67. The molecule has 24 heavy (non-hydrogen) atoms. The van der Waals surface area contributed by atoms with Crippen molar-refractivity contribution in [3.05, 3.63) is 83.9 Å². The molecule has 0 spiro atoms. The summed E-state index contributed by atoms with van der Waals surface area (Å²) in [5.41, 5.74) is 3.22. The Kier molecular flexibility index (Phi) is 4.62. The number of ether oxygens (including phenoxy) is 2. The molecule has 0 saturated heterocycles. The second-order valence-electron chi connectivity index (χ2n) is 5.31. The number of carbonyl (C=O) groups is 1. The Morgan fingerprint density at radius 3 is 1.75 bits per heavy atom. The fraction of sp³-hybridized carbons (Fsp3) is 0.0952. The van der Waals surface area contributed by atoms with E-state index < -0.39 is 0 Å². The lowest BCUT2D eigenvalue weighted by atomic mass is 9.98. The number of carbonyl (C=O) groups excluding carboxylic acids is 1. The van der Waals surface area contributed by atoms with E-state index in [0.717, 1.165) is 11.1 Å². The van der Waals surface area contributed by atoms with Crippen LogP contribution in [-0.2, 0) is 0 Å². The Morgan fingerprint density at radius 2 is 1.21 bits per heavy atom. The highest BCUT2D eigenvalue weighted by molar-refractivity contribution is 6.12. The van der Waals surface area contributed by atoms with Crippen LogP contribution < -0.4 is 9.47 Å². The van der Waals surface area contributed by atoms with Crippen molar-refractivity contribution in [2.75, 3.05) is 14.2 Å². The third-order valence-corrected chi connectivity index (χ3v) is 3.91. The minimum Gasteiger partial charge on any atom is -0.496 e. The largest absolute Gasteiger partial charge is 0.496 e. The van der Waals surface area contributed by atoms with Crippen LogP contribution in [0, 0.1) is 0 Å². The van der Waals surface area contributed by atoms with Crippen molar-refractivity contribution in [3.8, 4) is 22.6 Å². The first kappa shape index (κ1) is 15.8. The predicted molar refractivity (Wildman–Crippen MR) is 94.9 cm³/mol. The molecule has 0 unspecified atom stereocenters. The highest BCUT2D eigenvalue weighted by Crippen LogP contribution is 2.31. The van der Waals surface area contributed by atoms with Crippen LogP contribution in [-0.4, -0.2) is 20.0 Å². The standard InChI is InChI=1S/C21H18O3/c1-23-18-9-6-10-19(24-2)20(18)21(22)17-13-11-16(12-14-17)15-7-4-3-5-8-15/h3-14H,1-2H3. The van der Waals surface area contributed by atoms with Crippen LogP contribution >= 0.6 is 0 Å². The van der Waals surface area contributed by atoms with Gasteiger partial charge >= 0.3 is 0 Å². The summed E-state index contributed by atoms with van der Waals surface area (Å²) in [4.78, 5) is 12.9. The van der Waals surface area contributed by atoms with Gasteiger partial charge in [0.2, 0.25) is 5.78 Å². The molecule has 0 heterocycles. The van der Waals surface area contributed by atoms with Crippen molar-refractivity contribution >= 4 is 5.78 Å². The molecule has 0 aliphatic heterocycles. The second-order valence-corrected chi connectivity index (χ2v) is 5.31. The van der Waals surface area contributed by atoms with Gasteiger partial charge in [-0.25, -0.2) is 0 Å². The maximum absolute atomic E-state index is 12.9. The highest BCUT2D eigenvalue weighted by atomic mass is 16.5. The van der Waals surface area contributed by atoms with Crippen molar-refractivity contribution < 1.29 is 14.3 Å². The summed E-state index contributed by atoms with van der Waals surface area (Å²) >= 11 is 0. The van der Waals surface area contributed by atoms with Gasteiger partial charge in [0.05, 0.1) is 14.2 Å². The molecule has 0 bridgehead atoms. The Hall–Kier alpha value is -3.07. The van der Waals surface area contributed by atoms with Crippen LogP contribution in [0.5, 0.6) is 11.5 Å². The SMILES string of the molecule is COc1cccc(OC)c1C(=O)c1ccc(-c2ccccc2)cc1. The molecule has 0 fully saturated rings. The van der Waals surface area contributed by atoms with Gasteiger partial charge in [-0.2, -0.15) is 0 Å². The summed E-state index contributed by atoms with van der Waals surface area (Å²) in [7, 11) is 3.09. The third-order valence-electron chi connectivity index (χ3n) is 3.91. The predicted octanol–water partition coefficient (Wildman–Crippen LogP) is 4.60. The lowest BCUT2D eigenvalue weighted by Crippen LogP contribution is -2.06. The van der Waals surface area contributed by atoms with Crippen molar-refractivity contribution in [3.63, 3.8) is 0 Å². The molecule has 3 nitrogen and oxygen atoms in total. The smallest absolute Gasteiger partial charge is 0.200 e. The van der Waals surface area contributed by atoms with Gasteiger partial charge in [-0.1, -0.05) is 60.7 Å². The van der Waals surface area contributed by atoms with Crippen LogP contribution in [0.3, 0.4) is 0 Å². The normalized spacial score (nSPS) is 10.2. The van der Waals surface area contributed by atoms with Gasteiger partial charge in [0, 0.05) is 5.56 Å². The number of benzene rings is 3. The molecule has 0 saturated carbocycles. The van der Waals surface area contributed by atoms with Gasteiger partial charge in [0.15, 0.2) is 0 Å². The van der Waals surface area contributed by atoms with E-state index in [4.69, 9.17) is 9.47 Å². The molecule has 3 heteroatoms. The number of hydrogen-bond acceptors (Lipinski definition) is 3. The molecular formula is C21H18O3. The van der Waals surface area contributed by atoms with E-state index in [-0.39, 0.29) is 5.78 Å². The topological polar surface area (TPSA) is 35.5 Å². The summed E-state index contributed by atoms with van der Waals surface area (Å²) < 4.78 is 10.6. The van der Waals surface area contributed by atoms with Gasteiger partial charge in [0.1, 0.15) is 17.1 Å². The molecule has 0 N–H and O–H groups in total. The van der Waals surface area contributed by atoms with Crippen molar-refractivity contribution in [2.24, 2.45) is 0 Å². The fourth-order valence-corrected chi connectivity index (χ4v) is 2.66. The van der Waals surface area contributed by atoms with E-state index in [1.54, 1.807) is 32.4 Å². The fourth-order valence-electron chi connectivity index (χ4n) is 2.66. The Morgan fingerprint density at radius 1 is 0.667 bits per heavy atom. The molecular weight excluding hydrogens is 300 g/mol. The first-order chi connectivity index (χ1) is 11.7. The summed E-state index contributed by atoms with van der Waals surface area (Å²) in [5.74, 6) is 0.891. The monoisotopic (exact) mass is 318 g/mol. The molecule has 0 amide bonds. The molecule has 3 aromatic rings. The summed E-state index contributed by atoms with van der Waals surface area (Å²) in [6, 6.07) is 22.9. The van der Waals surface area contributed by atoms with E-state index in [1.807, 2.05) is 54.6 Å². The molecule has 0 radical (unpaired) electrons. The second kappa shape index (κ2) is 7.01. The van der Waals surface area contributed by atoms with Gasteiger partial charge in [-0.3, -0.25) is 4.79 Å². The first-order valence-electron chi connectivity index (χ1n) is 7.65. The number of methoxy groups -OCH3 is 2. The van der Waals surface area contributed by atoms with Gasteiger partial charge in [0.25, 0.3) is 0 Å². The molecule has 0 aromatic heterocycles. The molecule has 0 aliphatic carbocycles. The summed E-state index contributed by atoms with van der Waals surface area (Å²) in [5, 5.41) is 0. The number of ketones is 1. The van der Waals surface area contributed by atoms with Gasteiger partial charge < -0.3 is 9.47 Å². The zero-order valence-corrected chi connectivity index (χ0v) is 13.7. The molecule has 0 aliphatic rings. The van der Waals surface area contributed by atoms with Crippen molar-refractivity contribution in [1.82, 2.24) is 0 Å². The summed E-state index contributed by atoms with van der Waals surface area (Å²) in [6.45, 7) is 0. The third kappa shape index (κ3) is 3.01. The van der Waals surface area contributed by atoms with E-state index in [9.17, 15) is 4.79 Å². The lowest BCUT2D eigenvalue weighted by molar-refractivity contribution is 0.103.